The van der Waals surface area contributed by atoms with Crippen molar-refractivity contribution in [3.63, 3.8) is 0 Å². The number of carbonyl (C=O) groups excluding carboxylic acids is 2. The third-order valence-corrected chi connectivity index (χ3v) is 6.00. The minimum absolute atomic E-state index is 0.0390. The highest BCUT2D eigenvalue weighted by Crippen LogP contribution is 2.54. The summed E-state index contributed by atoms with van der Waals surface area (Å²) in [6, 6.07) is 17.3. The molecule has 28 heavy (non-hydrogen) atoms. The summed E-state index contributed by atoms with van der Waals surface area (Å²) < 4.78 is 1.72. The van der Waals surface area contributed by atoms with E-state index in [9.17, 15) is 9.59 Å². The third-order valence-electron chi connectivity index (χ3n) is 6.00. The fraction of sp³-hybridized carbons (Fsp3) is 0.227. The molecule has 2 aromatic carbocycles. The predicted molar refractivity (Wildman–Crippen MR) is 105 cm³/mol. The van der Waals surface area contributed by atoms with Gasteiger partial charge in [0.15, 0.2) is 0 Å². The molecule has 1 saturated heterocycles. The Kier molecular flexibility index (Phi) is 3.62. The maximum Gasteiger partial charge on any atom is 0.272 e. The molecule has 0 bridgehead atoms. The lowest BCUT2D eigenvalue weighted by molar-refractivity contribution is -0.121. The summed E-state index contributed by atoms with van der Waals surface area (Å²) in [5.74, 6) is -0.147. The highest BCUT2D eigenvalue weighted by Gasteiger charge is 2.59. The van der Waals surface area contributed by atoms with Crippen LogP contribution in [0.25, 0.3) is 0 Å². The molecule has 3 heterocycles. The Bertz CT molecular complexity index is 1070. The van der Waals surface area contributed by atoms with Crippen LogP contribution in [-0.4, -0.2) is 32.8 Å². The molecule has 1 spiro atoms. The molecule has 2 unspecified atom stereocenters. The molecule has 1 aromatic heterocycles. The van der Waals surface area contributed by atoms with Crippen molar-refractivity contribution in [2.45, 2.75) is 17.9 Å². The summed E-state index contributed by atoms with van der Waals surface area (Å²) in [5, 5.41) is 3.04. The molecule has 3 aromatic rings. The first-order chi connectivity index (χ1) is 13.6. The number of hydrogen-bond acceptors (Lipinski definition) is 3. The van der Waals surface area contributed by atoms with E-state index in [4.69, 9.17) is 0 Å². The lowest BCUT2D eigenvalue weighted by Crippen LogP contribution is -2.43. The Balaban J connectivity index is 1.69. The van der Waals surface area contributed by atoms with E-state index in [2.05, 4.69) is 10.3 Å². The third kappa shape index (κ3) is 2.17. The van der Waals surface area contributed by atoms with Crippen LogP contribution in [0, 0.1) is 0 Å². The van der Waals surface area contributed by atoms with Crippen molar-refractivity contribution >= 4 is 17.5 Å². The number of nitrogens with zero attached hydrogens (tertiary/aromatic N) is 3. The number of imidazole rings is 1. The average molecular weight is 372 g/mol. The van der Waals surface area contributed by atoms with Crippen molar-refractivity contribution in [1.82, 2.24) is 14.5 Å². The highest BCUT2D eigenvalue weighted by atomic mass is 16.2. The fourth-order valence-corrected chi connectivity index (χ4v) is 4.71. The number of para-hydroxylation sites is 1. The molecule has 6 heteroatoms. The van der Waals surface area contributed by atoms with Crippen LogP contribution in [0.4, 0.5) is 5.69 Å². The second-order valence-electron chi connectivity index (χ2n) is 7.42. The zero-order valence-electron chi connectivity index (χ0n) is 15.5. The predicted octanol–water partition coefficient (Wildman–Crippen LogP) is 2.90. The number of nitrogens with one attached hydrogen (secondary N) is 1. The summed E-state index contributed by atoms with van der Waals surface area (Å²) in [6.45, 7) is 0.505. The second-order valence-corrected chi connectivity index (χ2v) is 7.42. The van der Waals surface area contributed by atoms with E-state index in [0.717, 1.165) is 16.8 Å². The number of likely N-dealkylation sites (tertiary alicyclic amines) is 1. The number of aromatic nitrogens is 2. The molecular weight excluding hydrogens is 352 g/mol. The molecule has 5 rings (SSSR count). The topological polar surface area (TPSA) is 67.2 Å². The number of rotatable bonds is 2. The quantitative estimate of drug-likeness (QED) is 0.752. The van der Waals surface area contributed by atoms with Crippen LogP contribution in [-0.2, 0) is 17.3 Å². The molecule has 140 valence electrons. The van der Waals surface area contributed by atoms with Gasteiger partial charge in [-0.15, -0.1) is 0 Å². The van der Waals surface area contributed by atoms with E-state index in [1.54, 1.807) is 24.1 Å². The van der Waals surface area contributed by atoms with Crippen LogP contribution in [0.5, 0.6) is 0 Å². The van der Waals surface area contributed by atoms with E-state index in [1.807, 2.05) is 59.5 Å². The van der Waals surface area contributed by atoms with Crippen molar-refractivity contribution in [2.75, 3.05) is 11.9 Å². The van der Waals surface area contributed by atoms with Crippen LogP contribution in [0.1, 0.15) is 34.1 Å². The van der Waals surface area contributed by atoms with Gasteiger partial charge in [-0.1, -0.05) is 48.5 Å². The van der Waals surface area contributed by atoms with Crippen LogP contribution in [0.2, 0.25) is 0 Å². The molecule has 0 radical (unpaired) electrons. The maximum atomic E-state index is 13.4. The zero-order valence-corrected chi connectivity index (χ0v) is 15.5. The minimum atomic E-state index is -0.786. The molecule has 0 saturated carbocycles. The number of amides is 2. The van der Waals surface area contributed by atoms with Crippen molar-refractivity contribution in [2.24, 2.45) is 7.05 Å². The number of fused-ring (bicyclic) bond motifs is 2. The van der Waals surface area contributed by atoms with Gasteiger partial charge >= 0.3 is 0 Å². The first kappa shape index (κ1) is 16.7. The number of anilines is 1. The largest absolute Gasteiger partial charge is 0.330 e. The van der Waals surface area contributed by atoms with Gasteiger partial charge in [0, 0.05) is 19.3 Å². The summed E-state index contributed by atoms with van der Waals surface area (Å²) >= 11 is 0. The molecule has 6 nitrogen and oxygen atoms in total. The molecule has 0 aliphatic carbocycles. The summed E-state index contributed by atoms with van der Waals surface area (Å²) in [6.07, 6.45) is 3.78. The summed E-state index contributed by atoms with van der Waals surface area (Å²) in [7, 11) is 1.81. The Hall–Kier alpha value is -3.41. The van der Waals surface area contributed by atoms with Crippen LogP contribution >= 0.6 is 0 Å². The highest BCUT2D eigenvalue weighted by molar-refractivity contribution is 6.08. The SMILES string of the molecule is Cn1cncc1C(=O)N1CCC2(C(=O)Nc3ccccc32)C1c1ccccc1. The first-order valence-electron chi connectivity index (χ1n) is 9.36. The van der Waals surface area contributed by atoms with Crippen LogP contribution in [0.15, 0.2) is 67.1 Å². The molecule has 2 aliphatic heterocycles. The van der Waals surface area contributed by atoms with E-state index in [-0.39, 0.29) is 17.9 Å². The molecule has 2 amide bonds. The standard InChI is InChI=1S/C22H20N4O2/c1-25-14-23-13-18(25)20(27)26-12-11-22(19(26)15-7-3-2-4-8-15)16-9-5-6-10-17(16)24-21(22)28/h2-10,13-14,19H,11-12H2,1H3,(H,24,28). The van der Waals surface area contributed by atoms with Gasteiger partial charge < -0.3 is 14.8 Å². The smallest absolute Gasteiger partial charge is 0.272 e. The minimum Gasteiger partial charge on any atom is -0.330 e. The number of carbonyl (C=O) groups is 2. The van der Waals surface area contributed by atoms with Crippen LogP contribution < -0.4 is 5.32 Å². The zero-order chi connectivity index (χ0) is 19.3. The van der Waals surface area contributed by atoms with Gasteiger partial charge in [-0.2, -0.15) is 0 Å². The van der Waals surface area contributed by atoms with Crippen molar-refractivity contribution in [3.05, 3.63) is 83.9 Å². The van der Waals surface area contributed by atoms with E-state index < -0.39 is 5.41 Å². The van der Waals surface area contributed by atoms with E-state index >= 15 is 0 Å². The van der Waals surface area contributed by atoms with Gasteiger partial charge in [-0.3, -0.25) is 9.59 Å². The lowest BCUT2D eigenvalue weighted by atomic mass is 9.72. The number of aryl methyl sites for hydroxylation is 1. The Morgan fingerprint density at radius 3 is 2.64 bits per heavy atom. The van der Waals surface area contributed by atoms with Gasteiger partial charge in [0.25, 0.3) is 5.91 Å². The molecule has 2 atom stereocenters. The maximum absolute atomic E-state index is 13.4. The van der Waals surface area contributed by atoms with Gasteiger partial charge in [0.1, 0.15) is 11.1 Å². The van der Waals surface area contributed by atoms with Crippen LogP contribution in [0.3, 0.4) is 0 Å². The normalized spacial score (nSPS) is 23.1. The number of benzene rings is 2. The first-order valence-corrected chi connectivity index (χ1v) is 9.36. The second kappa shape index (κ2) is 6.05. The summed E-state index contributed by atoms with van der Waals surface area (Å²) in [4.78, 5) is 32.6. The van der Waals surface area contributed by atoms with Gasteiger partial charge in [-0.05, 0) is 23.6 Å². The molecule has 1 fully saturated rings. The Morgan fingerprint density at radius 2 is 1.89 bits per heavy atom. The monoisotopic (exact) mass is 372 g/mol. The van der Waals surface area contributed by atoms with Crippen molar-refractivity contribution < 1.29 is 9.59 Å². The Morgan fingerprint density at radius 1 is 1.14 bits per heavy atom. The Labute approximate surface area is 162 Å². The van der Waals surface area contributed by atoms with Crippen molar-refractivity contribution in [1.29, 1.82) is 0 Å². The molecule has 2 aliphatic rings. The molecular formula is C22H20N4O2. The van der Waals surface area contributed by atoms with E-state index in [0.29, 0.717) is 18.7 Å². The van der Waals surface area contributed by atoms with Gasteiger partial charge in [0.05, 0.1) is 18.6 Å². The van der Waals surface area contributed by atoms with Crippen molar-refractivity contribution in [3.8, 4) is 0 Å². The number of hydrogen-bond donors (Lipinski definition) is 1. The van der Waals surface area contributed by atoms with Gasteiger partial charge in [0.2, 0.25) is 5.91 Å². The average Bonchev–Trinajstić information content (AvgIpc) is 3.40. The van der Waals surface area contributed by atoms with E-state index in [1.165, 1.54) is 0 Å². The van der Waals surface area contributed by atoms with Gasteiger partial charge in [-0.25, -0.2) is 4.98 Å². The summed E-state index contributed by atoms with van der Waals surface area (Å²) in [5.41, 5.74) is 2.50. The fourth-order valence-electron chi connectivity index (χ4n) is 4.71. The lowest BCUT2D eigenvalue weighted by Gasteiger charge is -2.34. The molecule has 1 N–H and O–H groups in total.